The zero-order valence-corrected chi connectivity index (χ0v) is 14.6. The van der Waals surface area contributed by atoms with E-state index < -0.39 is 11.7 Å². The maximum absolute atomic E-state index is 12.8. The van der Waals surface area contributed by atoms with Gasteiger partial charge < -0.3 is 9.73 Å². The predicted octanol–water partition coefficient (Wildman–Crippen LogP) is 3.37. The number of thioether (sulfide) groups is 1. The molecule has 0 amide bonds. The van der Waals surface area contributed by atoms with Gasteiger partial charge in [-0.15, -0.1) is 5.10 Å². The van der Waals surface area contributed by atoms with Crippen molar-refractivity contribution < 1.29 is 17.6 Å². The van der Waals surface area contributed by atoms with Crippen molar-refractivity contribution in [2.24, 2.45) is 7.05 Å². The van der Waals surface area contributed by atoms with Crippen molar-refractivity contribution in [1.82, 2.24) is 25.5 Å². The van der Waals surface area contributed by atoms with Crippen molar-refractivity contribution in [1.29, 1.82) is 0 Å². The molecule has 1 N–H and O–H groups in total. The summed E-state index contributed by atoms with van der Waals surface area (Å²) in [6, 6.07) is 8.52. The molecule has 0 radical (unpaired) electrons. The van der Waals surface area contributed by atoms with Gasteiger partial charge in [0.1, 0.15) is 11.5 Å². The Bertz CT molecular complexity index is 861. The third-order valence-corrected chi connectivity index (χ3v) is 4.54. The summed E-state index contributed by atoms with van der Waals surface area (Å²) < 4.78 is 45.6. The third-order valence-electron chi connectivity index (χ3n) is 3.53. The molecule has 0 aliphatic rings. The number of aromatic nitrogens is 4. The van der Waals surface area contributed by atoms with Crippen molar-refractivity contribution in [3.63, 3.8) is 0 Å². The first kappa shape index (κ1) is 18.5. The molecule has 0 saturated heterocycles. The van der Waals surface area contributed by atoms with E-state index in [0.29, 0.717) is 30.2 Å². The molecule has 0 fully saturated rings. The molecule has 0 aliphatic heterocycles. The lowest BCUT2D eigenvalue weighted by molar-refractivity contribution is -0.137. The van der Waals surface area contributed by atoms with Crippen LogP contribution >= 0.6 is 11.8 Å². The molecule has 3 aromatic rings. The summed E-state index contributed by atoms with van der Waals surface area (Å²) in [7, 11) is 1.77. The molecule has 2 aromatic heterocycles. The van der Waals surface area contributed by atoms with Crippen LogP contribution in [0.4, 0.5) is 13.2 Å². The number of furan rings is 1. The van der Waals surface area contributed by atoms with Crippen LogP contribution in [0.25, 0.3) is 11.3 Å². The molecule has 0 spiro atoms. The SMILES string of the molecule is Cn1nnnc1SCCNCc1ccc(-c2cccc(C(F)(F)F)c2)o1. The Morgan fingerprint density at radius 3 is 2.81 bits per heavy atom. The van der Waals surface area contributed by atoms with Gasteiger partial charge in [0.2, 0.25) is 5.16 Å². The van der Waals surface area contributed by atoms with Gasteiger partial charge in [-0.1, -0.05) is 23.9 Å². The molecule has 138 valence electrons. The maximum atomic E-state index is 12.8. The zero-order valence-electron chi connectivity index (χ0n) is 13.8. The lowest BCUT2D eigenvalue weighted by Gasteiger charge is -2.07. The second kappa shape index (κ2) is 7.92. The van der Waals surface area contributed by atoms with Crippen molar-refractivity contribution in [3.05, 3.63) is 47.7 Å². The fourth-order valence-corrected chi connectivity index (χ4v) is 2.99. The monoisotopic (exact) mass is 383 g/mol. The highest BCUT2D eigenvalue weighted by Crippen LogP contribution is 2.32. The van der Waals surface area contributed by atoms with Crippen molar-refractivity contribution in [2.75, 3.05) is 12.3 Å². The van der Waals surface area contributed by atoms with E-state index in [1.807, 2.05) is 0 Å². The highest BCUT2D eigenvalue weighted by Gasteiger charge is 2.30. The van der Waals surface area contributed by atoms with Gasteiger partial charge in [-0.2, -0.15) is 13.2 Å². The summed E-state index contributed by atoms with van der Waals surface area (Å²) >= 11 is 1.52. The summed E-state index contributed by atoms with van der Waals surface area (Å²) in [5.74, 6) is 1.84. The summed E-state index contributed by atoms with van der Waals surface area (Å²) in [4.78, 5) is 0. The van der Waals surface area contributed by atoms with Crippen LogP contribution in [0, 0.1) is 0 Å². The first-order valence-electron chi connectivity index (χ1n) is 7.76. The molecule has 3 rings (SSSR count). The zero-order chi connectivity index (χ0) is 18.6. The standard InChI is InChI=1S/C16H16F3N5OS/c1-24-15(21-22-23-24)26-8-7-20-10-13-5-6-14(25-13)11-3-2-4-12(9-11)16(17,18)19/h2-6,9,20H,7-8,10H2,1H3. The normalized spacial score (nSPS) is 11.8. The van der Waals surface area contributed by atoms with Crippen LogP contribution in [0.1, 0.15) is 11.3 Å². The summed E-state index contributed by atoms with van der Waals surface area (Å²) in [6.07, 6.45) is -4.37. The highest BCUT2D eigenvalue weighted by atomic mass is 32.2. The van der Waals surface area contributed by atoms with E-state index in [9.17, 15) is 13.2 Å². The van der Waals surface area contributed by atoms with E-state index >= 15 is 0 Å². The van der Waals surface area contributed by atoms with Gasteiger partial charge in [-0.05, 0) is 34.7 Å². The second-order valence-electron chi connectivity index (χ2n) is 5.45. The molecular formula is C16H16F3N5OS. The quantitative estimate of drug-likeness (QED) is 0.498. The molecule has 2 heterocycles. The molecule has 0 unspecified atom stereocenters. The lowest BCUT2D eigenvalue weighted by Crippen LogP contribution is -2.16. The topological polar surface area (TPSA) is 68.8 Å². The number of hydrogen-bond acceptors (Lipinski definition) is 6. The number of rotatable bonds is 7. The first-order valence-corrected chi connectivity index (χ1v) is 8.74. The summed E-state index contributed by atoms with van der Waals surface area (Å²) in [5.41, 5.74) is -0.294. The third kappa shape index (κ3) is 4.64. The molecule has 0 aliphatic carbocycles. The Hall–Kier alpha value is -2.33. The van der Waals surface area contributed by atoms with Gasteiger partial charge in [0, 0.05) is 24.9 Å². The van der Waals surface area contributed by atoms with Gasteiger partial charge in [0.15, 0.2) is 0 Å². The van der Waals surface area contributed by atoms with Crippen molar-refractivity contribution in [2.45, 2.75) is 17.9 Å². The highest BCUT2D eigenvalue weighted by molar-refractivity contribution is 7.99. The molecule has 26 heavy (non-hydrogen) atoms. The Labute approximate surface area is 151 Å². The van der Waals surface area contributed by atoms with Gasteiger partial charge >= 0.3 is 6.18 Å². The lowest BCUT2D eigenvalue weighted by atomic mass is 10.1. The summed E-state index contributed by atoms with van der Waals surface area (Å²) in [5, 5.41) is 15.1. The first-order chi connectivity index (χ1) is 12.4. The number of nitrogens with one attached hydrogen (secondary N) is 1. The van der Waals surface area contributed by atoms with Crippen LogP contribution < -0.4 is 5.32 Å². The molecular weight excluding hydrogens is 367 g/mol. The molecule has 10 heteroatoms. The van der Waals surface area contributed by atoms with Crippen LogP contribution in [0.2, 0.25) is 0 Å². The number of halogens is 3. The molecule has 0 bridgehead atoms. The van der Waals surface area contributed by atoms with E-state index in [1.54, 1.807) is 29.9 Å². The van der Waals surface area contributed by atoms with Crippen LogP contribution in [0.5, 0.6) is 0 Å². The van der Waals surface area contributed by atoms with Crippen molar-refractivity contribution in [3.8, 4) is 11.3 Å². The Morgan fingerprint density at radius 2 is 2.08 bits per heavy atom. The minimum atomic E-state index is -4.37. The maximum Gasteiger partial charge on any atom is 0.416 e. The Kier molecular flexibility index (Phi) is 5.62. The van der Waals surface area contributed by atoms with Gasteiger partial charge in [0.05, 0.1) is 12.1 Å². The summed E-state index contributed by atoms with van der Waals surface area (Å²) in [6.45, 7) is 1.19. The van der Waals surface area contributed by atoms with Crippen LogP contribution in [0.15, 0.2) is 46.0 Å². The Morgan fingerprint density at radius 1 is 1.23 bits per heavy atom. The molecule has 1 aromatic carbocycles. The van der Waals surface area contributed by atoms with Crippen LogP contribution in [-0.2, 0) is 19.8 Å². The van der Waals surface area contributed by atoms with Gasteiger partial charge in [0.25, 0.3) is 0 Å². The largest absolute Gasteiger partial charge is 0.460 e. The van der Waals surface area contributed by atoms with E-state index in [4.69, 9.17) is 4.42 Å². The fraction of sp³-hybridized carbons (Fsp3) is 0.312. The minimum absolute atomic E-state index is 0.399. The smallest absolute Gasteiger partial charge is 0.416 e. The van der Waals surface area contributed by atoms with Gasteiger partial charge in [-0.25, -0.2) is 4.68 Å². The molecule has 0 saturated carbocycles. The van der Waals surface area contributed by atoms with E-state index in [1.165, 1.54) is 17.8 Å². The number of tetrazole rings is 1. The van der Waals surface area contributed by atoms with Crippen LogP contribution in [-0.4, -0.2) is 32.5 Å². The van der Waals surface area contributed by atoms with Gasteiger partial charge in [-0.3, -0.25) is 0 Å². The molecule has 6 nitrogen and oxygen atoms in total. The average Bonchev–Trinajstić information content (AvgIpc) is 3.23. The van der Waals surface area contributed by atoms with E-state index in [-0.39, 0.29) is 0 Å². The van der Waals surface area contributed by atoms with E-state index in [0.717, 1.165) is 23.0 Å². The fourth-order valence-electron chi connectivity index (χ4n) is 2.25. The number of alkyl halides is 3. The second-order valence-corrected chi connectivity index (χ2v) is 6.52. The molecule has 0 atom stereocenters. The number of aryl methyl sites for hydroxylation is 1. The van der Waals surface area contributed by atoms with Crippen LogP contribution in [0.3, 0.4) is 0 Å². The van der Waals surface area contributed by atoms with E-state index in [2.05, 4.69) is 20.8 Å². The minimum Gasteiger partial charge on any atom is -0.460 e. The number of nitrogens with zero attached hydrogens (tertiary/aromatic N) is 4. The predicted molar refractivity (Wildman–Crippen MR) is 90.4 cm³/mol. The van der Waals surface area contributed by atoms with Crippen molar-refractivity contribution >= 4 is 11.8 Å². The number of benzene rings is 1. The average molecular weight is 383 g/mol. The Balaban J connectivity index is 1.51. The number of hydrogen-bond donors (Lipinski definition) is 1.